The van der Waals surface area contributed by atoms with Crippen molar-refractivity contribution in [1.82, 2.24) is 0 Å². The van der Waals surface area contributed by atoms with Gasteiger partial charge in [0.25, 0.3) is 0 Å². The van der Waals surface area contributed by atoms with Crippen molar-refractivity contribution in [2.24, 2.45) is 5.73 Å². The van der Waals surface area contributed by atoms with Gasteiger partial charge in [-0.3, -0.25) is 23.4 Å². The predicted octanol–water partition coefficient (Wildman–Crippen LogP) is 10.0. The van der Waals surface area contributed by atoms with Gasteiger partial charge in [-0.05, 0) is 77.0 Å². The second-order valence-electron chi connectivity index (χ2n) is 13.6. The monoisotopic (exact) mass is 845 g/mol. The van der Waals surface area contributed by atoms with Gasteiger partial charge in [-0.2, -0.15) is 0 Å². The first-order valence-corrected chi connectivity index (χ1v) is 22.5. The van der Waals surface area contributed by atoms with Crippen molar-refractivity contribution < 1.29 is 52.6 Å². The largest absolute Gasteiger partial charge is 0.480 e. The highest BCUT2D eigenvalue weighted by Gasteiger charge is 2.28. The number of aliphatic hydroxyl groups is 1. The Morgan fingerprint density at radius 2 is 1.12 bits per heavy atom. The summed E-state index contributed by atoms with van der Waals surface area (Å²) in [5.41, 5.74) is 5.32. The molecule has 0 rings (SSSR count). The number of aliphatic carboxylic acids is 1. The molecule has 0 aromatic heterocycles. The van der Waals surface area contributed by atoms with Crippen LogP contribution in [0.4, 0.5) is 0 Å². The number of nitrogens with two attached hydrogens (primary N) is 1. The fourth-order valence-electron chi connectivity index (χ4n) is 4.79. The molecule has 4 atom stereocenters. The summed E-state index contributed by atoms with van der Waals surface area (Å²) in [5, 5.41) is 18.8. The van der Waals surface area contributed by atoms with E-state index in [1.807, 2.05) is 54.7 Å². The molecule has 0 fully saturated rings. The van der Waals surface area contributed by atoms with Crippen LogP contribution in [0.15, 0.2) is 109 Å². The number of carbonyl (C=O) groups is 3. The molecule has 0 aromatic carbocycles. The minimum absolute atomic E-state index is 0.0549. The number of aliphatic hydroxyl groups excluding tert-OH is 1. The van der Waals surface area contributed by atoms with Gasteiger partial charge in [0.15, 0.2) is 6.10 Å². The molecule has 0 aliphatic rings. The van der Waals surface area contributed by atoms with E-state index in [0.29, 0.717) is 25.7 Å². The molecule has 5 N–H and O–H groups in total. The number of unbranched alkanes of at least 4 members (excludes halogenated alkanes) is 4. The molecule has 0 radical (unpaired) electrons. The van der Waals surface area contributed by atoms with Crippen molar-refractivity contribution in [2.45, 2.75) is 141 Å². The average Bonchev–Trinajstić information content (AvgIpc) is 3.20. The third-order valence-corrected chi connectivity index (χ3v) is 9.06. The Labute approximate surface area is 353 Å². The number of carboxylic acids is 1. The second-order valence-corrected chi connectivity index (χ2v) is 15.0. The molecule has 0 aliphatic carbocycles. The molecule has 332 valence electrons. The maximum absolute atomic E-state index is 12.6. The van der Waals surface area contributed by atoms with E-state index in [1.54, 1.807) is 0 Å². The average molecular weight is 846 g/mol. The highest BCUT2D eigenvalue weighted by molar-refractivity contribution is 7.47. The van der Waals surface area contributed by atoms with Crippen molar-refractivity contribution in [1.29, 1.82) is 0 Å². The Hall–Kier alpha value is -3.90. The molecular weight excluding hydrogens is 773 g/mol. The number of phosphoric acid groups is 1. The lowest BCUT2D eigenvalue weighted by molar-refractivity contribution is -0.161. The van der Waals surface area contributed by atoms with E-state index in [9.17, 15) is 28.9 Å². The number of hydrogen-bond acceptors (Lipinski definition) is 10. The van der Waals surface area contributed by atoms with Gasteiger partial charge in [0.2, 0.25) is 0 Å². The van der Waals surface area contributed by atoms with E-state index in [-0.39, 0.29) is 12.8 Å². The first-order valence-electron chi connectivity index (χ1n) is 21.0. The van der Waals surface area contributed by atoms with Gasteiger partial charge in [0, 0.05) is 12.8 Å². The SMILES string of the molecule is CC/C=C\C/C=C\C/C=C\C/C=C\C/C=C\CCCC(=O)O[C@H](COC(=O)CCC/C=C\C/C=C\C/C=C\C=C\[C@H](O)CCCCC)COP(=O)(O)OC[C@H](N)C(=O)O. The van der Waals surface area contributed by atoms with Crippen LogP contribution >= 0.6 is 7.82 Å². The van der Waals surface area contributed by atoms with Crippen LogP contribution in [-0.4, -0.2) is 71.1 Å². The van der Waals surface area contributed by atoms with Crippen LogP contribution in [0.2, 0.25) is 0 Å². The Balaban J connectivity index is 4.64. The fraction of sp³-hybridized carbons (Fsp3) is 0.543. The lowest BCUT2D eigenvalue weighted by atomic mass is 10.1. The number of hydrogen-bond donors (Lipinski definition) is 4. The number of carbonyl (C=O) groups excluding carboxylic acids is 2. The number of ether oxygens (including phenoxy) is 2. The minimum atomic E-state index is -4.76. The molecule has 0 amide bonds. The molecule has 1 unspecified atom stereocenters. The molecular formula is C46H72NO11P. The summed E-state index contributed by atoms with van der Waals surface area (Å²) in [7, 11) is -4.76. The Kier molecular flexibility index (Phi) is 36.9. The quantitative estimate of drug-likeness (QED) is 0.0152. The normalized spacial score (nSPS) is 15.3. The molecule has 13 heteroatoms. The third kappa shape index (κ3) is 39.3. The molecule has 0 spiro atoms. The third-order valence-electron chi connectivity index (χ3n) is 8.11. The van der Waals surface area contributed by atoms with Gasteiger partial charge >= 0.3 is 25.7 Å². The number of carboxylic acid groups (broad SMARTS) is 1. The Bertz CT molecular complexity index is 1430. The van der Waals surface area contributed by atoms with Crippen LogP contribution in [0.5, 0.6) is 0 Å². The summed E-state index contributed by atoms with van der Waals surface area (Å²) in [5.74, 6) is -2.58. The maximum Gasteiger partial charge on any atom is 0.472 e. The zero-order valence-electron chi connectivity index (χ0n) is 35.4. The minimum Gasteiger partial charge on any atom is -0.480 e. The summed E-state index contributed by atoms with van der Waals surface area (Å²) in [6.07, 6.45) is 47.8. The molecule has 12 nitrogen and oxygen atoms in total. The van der Waals surface area contributed by atoms with Gasteiger partial charge in [-0.25, -0.2) is 4.57 Å². The number of esters is 2. The highest BCUT2D eigenvalue weighted by atomic mass is 31.2. The van der Waals surface area contributed by atoms with Gasteiger partial charge in [-0.15, -0.1) is 0 Å². The summed E-state index contributed by atoms with van der Waals surface area (Å²) in [6.45, 7) is 2.41. The van der Waals surface area contributed by atoms with Gasteiger partial charge in [0.1, 0.15) is 12.6 Å². The molecule has 0 aliphatic heterocycles. The standard InChI is InChI=1S/C46H72NO11P/c1-3-5-7-8-9-10-11-12-13-14-15-16-19-23-26-29-33-37-45(50)58-42(39-56-59(53,54)57-40-43(47)46(51)52)38-55-44(49)36-32-28-25-22-20-17-18-21-24-27-31-35-41(48)34-30-6-4-2/h5,7,9-10,12-13,15-18,22-27,31,35,41-43,48H,3-4,6,8,11,14,19-21,28-30,32-34,36-40,47H2,1-2H3,(H,51,52)(H,53,54)/b7-5-,10-9-,13-12-,16-15-,18-17-,25-22-,26-23-,27-24-,35-31+/t41-,42-,43+/m1/s1. The molecule has 0 saturated heterocycles. The lowest BCUT2D eigenvalue weighted by Crippen LogP contribution is -2.34. The maximum atomic E-state index is 12.6. The summed E-state index contributed by atoms with van der Waals surface area (Å²) >= 11 is 0. The number of rotatable bonds is 37. The Morgan fingerprint density at radius 1 is 0.627 bits per heavy atom. The zero-order chi connectivity index (χ0) is 43.7. The lowest BCUT2D eigenvalue weighted by Gasteiger charge is -2.20. The molecule has 0 saturated carbocycles. The van der Waals surface area contributed by atoms with Crippen molar-refractivity contribution in [3.8, 4) is 0 Å². The zero-order valence-corrected chi connectivity index (χ0v) is 36.3. The second kappa shape index (κ2) is 39.6. The van der Waals surface area contributed by atoms with Gasteiger partial charge in [0.05, 0.1) is 19.3 Å². The van der Waals surface area contributed by atoms with E-state index in [1.165, 1.54) is 0 Å². The summed E-state index contributed by atoms with van der Waals surface area (Å²) < 4.78 is 32.5. The van der Waals surface area contributed by atoms with Crippen LogP contribution in [0.25, 0.3) is 0 Å². The van der Waals surface area contributed by atoms with Crippen molar-refractivity contribution in [3.63, 3.8) is 0 Å². The van der Waals surface area contributed by atoms with Gasteiger partial charge < -0.3 is 30.3 Å². The smallest absolute Gasteiger partial charge is 0.472 e. The fourth-order valence-corrected chi connectivity index (χ4v) is 5.57. The molecule has 0 heterocycles. The summed E-state index contributed by atoms with van der Waals surface area (Å²) in [6, 6.07) is -1.55. The first-order chi connectivity index (χ1) is 28.5. The van der Waals surface area contributed by atoms with Crippen LogP contribution in [-0.2, 0) is 37.5 Å². The number of allylic oxidation sites excluding steroid dienone is 17. The van der Waals surface area contributed by atoms with Crippen LogP contribution in [0, 0.1) is 0 Å². The van der Waals surface area contributed by atoms with Crippen LogP contribution in [0.3, 0.4) is 0 Å². The Morgan fingerprint density at radius 3 is 1.64 bits per heavy atom. The van der Waals surface area contributed by atoms with Gasteiger partial charge in [-0.1, -0.05) is 142 Å². The van der Waals surface area contributed by atoms with Crippen molar-refractivity contribution in [3.05, 3.63) is 109 Å². The summed E-state index contributed by atoms with van der Waals surface area (Å²) in [4.78, 5) is 45.9. The van der Waals surface area contributed by atoms with E-state index < -0.39 is 63.8 Å². The van der Waals surface area contributed by atoms with Crippen molar-refractivity contribution >= 4 is 25.7 Å². The van der Waals surface area contributed by atoms with Crippen LogP contribution < -0.4 is 5.73 Å². The molecule has 0 aromatic rings. The van der Waals surface area contributed by atoms with E-state index in [4.69, 9.17) is 24.8 Å². The number of phosphoric ester groups is 1. The molecule has 59 heavy (non-hydrogen) atoms. The van der Waals surface area contributed by atoms with Crippen LogP contribution in [0.1, 0.15) is 123 Å². The van der Waals surface area contributed by atoms with E-state index in [0.717, 1.165) is 70.6 Å². The molecule has 0 bridgehead atoms. The van der Waals surface area contributed by atoms with E-state index in [2.05, 4.69) is 73.1 Å². The van der Waals surface area contributed by atoms with Crippen molar-refractivity contribution in [2.75, 3.05) is 19.8 Å². The van der Waals surface area contributed by atoms with E-state index >= 15 is 0 Å². The predicted molar refractivity (Wildman–Crippen MR) is 236 cm³/mol. The first kappa shape index (κ1) is 55.1. The topological polar surface area (TPSA) is 192 Å². The highest BCUT2D eigenvalue weighted by Crippen LogP contribution is 2.43.